The molecule has 0 saturated heterocycles. The monoisotopic (exact) mass is 636 g/mol. The fourth-order valence-electron chi connectivity index (χ4n) is 4.37. The maximum absolute atomic E-state index is 13.1. The molecule has 0 aromatic carbocycles. The van der Waals surface area contributed by atoms with Crippen LogP contribution in [0.15, 0.2) is 18.3 Å². The zero-order valence-corrected chi connectivity index (χ0v) is 26.9. The van der Waals surface area contributed by atoms with E-state index in [1.807, 2.05) is 14.1 Å². The Morgan fingerprint density at radius 3 is 1.78 bits per heavy atom. The summed E-state index contributed by atoms with van der Waals surface area (Å²) in [7, 11) is 7.01. The normalized spacial score (nSPS) is 11.3. The van der Waals surface area contributed by atoms with Gasteiger partial charge in [0.05, 0.1) is 46.8 Å². The molecule has 0 aliphatic rings. The molecule has 9 heteroatoms. The minimum absolute atomic E-state index is 0. The number of aromatic nitrogens is 1. The largest absolute Gasteiger partial charge is 1.00 e. The third-order valence-corrected chi connectivity index (χ3v) is 7.20. The van der Waals surface area contributed by atoms with Gasteiger partial charge in [0.15, 0.2) is 5.75 Å². The molecule has 0 saturated carbocycles. The number of nitrogens with zero attached hydrogens (tertiary/aromatic N) is 4. The number of pyridine rings is 1. The Hall–Kier alpha value is -1.03. The zero-order chi connectivity index (χ0) is 25.6. The van der Waals surface area contributed by atoms with Crippen molar-refractivity contribution in [2.45, 2.75) is 72.1 Å². The fourth-order valence-corrected chi connectivity index (χ4v) is 4.37. The Labute approximate surface area is 241 Å². The molecule has 210 valence electrons. The third-order valence-electron chi connectivity index (χ3n) is 7.20. The fraction of sp³-hybridized carbons (Fsp3) is 0.741. The van der Waals surface area contributed by atoms with Crippen LogP contribution in [0.4, 0.5) is 4.79 Å². The molecule has 0 spiro atoms. The van der Waals surface area contributed by atoms with E-state index in [9.17, 15) is 9.59 Å². The summed E-state index contributed by atoms with van der Waals surface area (Å²) in [6.07, 6.45) is 10.9. The quantitative estimate of drug-likeness (QED) is 0.179. The standard InChI is InChI=1S/C27H50N4O3.2BrH/c1-8-31(9-2,10-3)23-18-16-14-12-11-13-15-17-22-30(6,7)26(32)25-24(20-19-21-28-25)34-27(33)29(4)5;;/h19-21H,8-18,22-23H2,1-7H3;2*1H/q+2;;/p-2. The van der Waals surface area contributed by atoms with E-state index in [0.29, 0.717) is 0 Å². The Morgan fingerprint density at radius 1 is 0.833 bits per heavy atom. The molecule has 0 aliphatic carbocycles. The Bertz CT molecular complexity index is 748. The van der Waals surface area contributed by atoms with E-state index < -0.39 is 6.09 Å². The first-order chi connectivity index (χ1) is 16.1. The summed E-state index contributed by atoms with van der Waals surface area (Å²) in [6.45, 7) is 12.7. The minimum Gasteiger partial charge on any atom is -1.00 e. The number of amides is 2. The number of carbonyl (C=O) groups is 2. The number of ether oxygens (including phenoxy) is 1. The van der Waals surface area contributed by atoms with Crippen LogP contribution in [-0.4, -0.2) is 91.8 Å². The second-order valence-corrected chi connectivity index (χ2v) is 10.2. The van der Waals surface area contributed by atoms with E-state index in [0.717, 1.165) is 19.4 Å². The highest BCUT2D eigenvalue weighted by Gasteiger charge is 2.32. The summed E-state index contributed by atoms with van der Waals surface area (Å²) in [4.78, 5) is 30.6. The Balaban J connectivity index is 0. The molecule has 0 bridgehead atoms. The molecule has 0 unspecified atom stereocenters. The zero-order valence-electron chi connectivity index (χ0n) is 23.7. The number of carbonyl (C=O) groups excluding carboxylic acids is 2. The van der Waals surface area contributed by atoms with E-state index in [1.54, 1.807) is 32.4 Å². The number of hydrogen-bond acceptors (Lipinski definition) is 4. The number of halogens is 2. The smallest absolute Gasteiger partial charge is 0.414 e. The molecule has 2 amide bonds. The van der Waals surface area contributed by atoms with Gasteiger partial charge in [-0.2, -0.15) is 0 Å². The average molecular weight is 639 g/mol. The van der Waals surface area contributed by atoms with Crippen LogP contribution in [0.3, 0.4) is 0 Å². The number of rotatable bonds is 16. The SMILES string of the molecule is CC[N+](CC)(CC)CCCCCCCCCC[N+](C)(C)C(=O)c1ncccc1OC(=O)N(C)C.[Br-].[Br-]. The van der Waals surface area contributed by atoms with Crippen molar-refractivity contribution < 1.29 is 57.3 Å². The van der Waals surface area contributed by atoms with Gasteiger partial charge in [-0.15, -0.1) is 0 Å². The third kappa shape index (κ3) is 12.5. The van der Waals surface area contributed by atoms with Gasteiger partial charge in [-0.05, 0) is 58.6 Å². The lowest BCUT2D eigenvalue weighted by Gasteiger charge is -2.35. The molecule has 1 aromatic heterocycles. The van der Waals surface area contributed by atoms with Gasteiger partial charge in [-0.1, -0.05) is 25.7 Å². The summed E-state index contributed by atoms with van der Waals surface area (Å²) in [5.74, 6) is 0.0770. The molecular weight excluding hydrogens is 588 g/mol. The molecule has 1 rings (SSSR count). The van der Waals surface area contributed by atoms with Gasteiger partial charge in [0.1, 0.15) is 0 Å². The van der Waals surface area contributed by atoms with Crippen LogP contribution >= 0.6 is 0 Å². The van der Waals surface area contributed by atoms with Crippen molar-refractivity contribution in [3.8, 4) is 5.75 Å². The second-order valence-electron chi connectivity index (χ2n) is 10.2. The maximum atomic E-state index is 13.1. The van der Waals surface area contributed by atoms with Crippen LogP contribution in [0, 0.1) is 0 Å². The summed E-state index contributed by atoms with van der Waals surface area (Å²) in [6, 6.07) is 3.29. The molecule has 7 nitrogen and oxygen atoms in total. The molecule has 0 atom stereocenters. The van der Waals surface area contributed by atoms with Crippen LogP contribution < -0.4 is 38.7 Å². The summed E-state index contributed by atoms with van der Waals surface area (Å²) in [5.41, 5.74) is 0.208. The molecule has 1 aromatic rings. The minimum atomic E-state index is -0.521. The highest BCUT2D eigenvalue weighted by Crippen LogP contribution is 2.21. The lowest BCUT2D eigenvalue weighted by atomic mass is 10.1. The highest BCUT2D eigenvalue weighted by atomic mass is 79.9. The topological polar surface area (TPSA) is 59.5 Å². The molecule has 0 aliphatic heterocycles. The van der Waals surface area contributed by atoms with E-state index >= 15 is 0 Å². The Kier molecular flexibility index (Phi) is 19.7. The number of hydrogen-bond donors (Lipinski definition) is 0. The first-order valence-electron chi connectivity index (χ1n) is 13.2. The molecular formula is C27H50Br2N4O3. The molecule has 0 N–H and O–H groups in total. The van der Waals surface area contributed by atoms with Gasteiger partial charge < -0.3 is 48.1 Å². The first kappa shape index (κ1) is 37.1. The predicted molar refractivity (Wildman–Crippen MR) is 139 cm³/mol. The Morgan fingerprint density at radius 2 is 1.31 bits per heavy atom. The lowest BCUT2D eigenvalue weighted by molar-refractivity contribution is -0.923. The van der Waals surface area contributed by atoms with Crippen molar-refractivity contribution in [3.63, 3.8) is 0 Å². The van der Waals surface area contributed by atoms with Crippen LogP contribution in [0.25, 0.3) is 0 Å². The van der Waals surface area contributed by atoms with Crippen molar-refractivity contribution in [2.24, 2.45) is 0 Å². The second kappa shape index (κ2) is 19.1. The molecule has 0 fully saturated rings. The van der Waals surface area contributed by atoms with Crippen molar-refractivity contribution in [1.29, 1.82) is 0 Å². The van der Waals surface area contributed by atoms with E-state index in [-0.39, 0.29) is 55.8 Å². The van der Waals surface area contributed by atoms with Crippen LogP contribution in [0.5, 0.6) is 5.75 Å². The maximum Gasteiger partial charge on any atom is 0.414 e. The summed E-state index contributed by atoms with van der Waals surface area (Å²) < 4.78 is 6.80. The van der Waals surface area contributed by atoms with Gasteiger partial charge >= 0.3 is 12.0 Å². The van der Waals surface area contributed by atoms with Gasteiger partial charge in [-0.3, -0.25) is 4.48 Å². The van der Waals surface area contributed by atoms with E-state index in [2.05, 4.69) is 25.8 Å². The number of quaternary nitrogens is 2. The summed E-state index contributed by atoms with van der Waals surface area (Å²) in [5, 5.41) is 0. The van der Waals surface area contributed by atoms with Gasteiger partial charge in [0.2, 0.25) is 5.69 Å². The van der Waals surface area contributed by atoms with Gasteiger partial charge in [-0.25, -0.2) is 14.6 Å². The van der Waals surface area contributed by atoms with Crippen molar-refractivity contribution in [1.82, 2.24) is 9.88 Å². The van der Waals surface area contributed by atoms with Crippen LogP contribution in [0.2, 0.25) is 0 Å². The first-order valence-corrected chi connectivity index (χ1v) is 13.2. The van der Waals surface area contributed by atoms with Crippen molar-refractivity contribution in [3.05, 3.63) is 24.0 Å². The molecule has 0 radical (unpaired) electrons. The van der Waals surface area contributed by atoms with E-state index in [4.69, 9.17) is 4.74 Å². The van der Waals surface area contributed by atoms with Gasteiger partial charge in [0.25, 0.3) is 0 Å². The average Bonchev–Trinajstić information content (AvgIpc) is 2.83. The van der Waals surface area contributed by atoms with Crippen LogP contribution in [0.1, 0.15) is 82.6 Å². The molecule has 36 heavy (non-hydrogen) atoms. The van der Waals surface area contributed by atoms with Crippen molar-refractivity contribution >= 4 is 12.0 Å². The molecule has 1 heterocycles. The predicted octanol–water partition coefficient (Wildman–Crippen LogP) is -0.636. The van der Waals surface area contributed by atoms with E-state index in [1.165, 1.54) is 74.1 Å². The number of unbranched alkanes of at least 4 members (excludes halogenated alkanes) is 7. The lowest BCUT2D eigenvalue weighted by Crippen LogP contribution is -3.00. The summed E-state index contributed by atoms with van der Waals surface area (Å²) >= 11 is 0. The van der Waals surface area contributed by atoms with Crippen LogP contribution in [-0.2, 0) is 0 Å². The van der Waals surface area contributed by atoms with Crippen molar-refractivity contribution in [2.75, 3.05) is 60.9 Å². The highest BCUT2D eigenvalue weighted by molar-refractivity contribution is 5.90. The van der Waals surface area contributed by atoms with Gasteiger partial charge in [0, 0.05) is 20.3 Å².